The van der Waals surface area contributed by atoms with Gasteiger partial charge < -0.3 is 15.6 Å². The highest BCUT2D eigenvalue weighted by Crippen LogP contribution is 2.38. The van der Waals surface area contributed by atoms with Gasteiger partial charge in [0, 0.05) is 4.90 Å². The van der Waals surface area contributed by atoms with E-state index in [2.05, 4.69) is 0 Å². The lowest BCUT2D eigenvalue weighted by atomic mass is 10.2. The van der Waals surface area contributed by atoms with Crippen molar-refractivity contribution in [3.05, 3.63) is 48.0 Å². The number of para-hydroxylation sites is 2. The van der Waals surface area contributed by atoms with Gasteiger partial charge in [-0.3, -0.25) is 0 Å². The van der Waals surface area contributed by atoms with Gasteiger partial charge in [-0.2, -0.15) is 0 Å². The molecule has 5 heteroatoms. The van der Waals surface area contributed by atoms with Crippen LogP contribution in [-0.2, 0) is 0 Å². The molecule has 0 saturated carbocycles. The minimum Gasteiger partial charge on any atom is -0.496 e. The Kier molecular flexibility index (Phi) is 3.97. The van der Waals surface area contributed by atoms with Crippen molar-refractivity contribution in [2.75, 3.05) is 12.8 Å². The van der Waals surface area contributed by atoms with E-state index in [4.69, 9.17) is 15.6 Å². The molecule has 4 nitrogen and oxygen atoms in total. The van der Waals surface area contributed by atoms with Crippen LogP contribution in [0.2, 0.25) is 0 Å². The van der Waals surface area contributed by atoms with Crippen molar-refractivity contribution < 1.29 is 14.6 Å². The van der Waals surface area contributed by atoms with Crippen molar-refractivity contribution in [1.82, 2.24) is 0 Å². The molecule has 2 aromatic carbocycles. The van der Waals surface area contributed by atoms with Crippen LogP contribution in [0.1, 0.15) is 10.4 Å². The summed E-state index contributed by atoms with van der Waals surface area (Å²) in [4.78, 5) is 12.6. The highest BCUT2D eigenvalue weighted by Gasteiger charge is 2.13. The lowest BCUT2D eigenvalue weighted by molar-refractivity contribution is 0.0698. The van der Waals surface area contributed by atoms with E-state index < -0.39 is 5.97 Å². The first-order valence-corrected chi connectivity index (χ1v) is 6.37. The number of nitrogen functional groups attached to an aromatic ring is 1. The maximum atomic E-state index is 11.0. The van der Waals surface area contributed by atoms with E-state index in [1.807, 2.05) is 24.3 Å². The van der Waals surface area contributed by atoms with E-state index in [1.54, 1.807) is 19.2 Å². The van der Waals surface area contributed by atoms with E-state index in [0.717, 1.165) is 10.6 Å². The molecule has 0 bridgehead atoms. The molecule has 0 amide bonds. The zero-order valence-corrected chi connectivity index (χ0v) is 11.1. The molecule has 19 heavy (non-hydrogen) atoms. The number of ether oxygens (including phenoxy) is 1. The van der Waals surface area contributed by atoms with E-state index in [-0.39, 0.29) is 11.3 Å². The average molecular weight is 275 g/mol. The van der Waals surface area contributed by atoms with E-state index in [0.29, 0.717) is 4.90 Å². The Morgan fingerprint density at radius 3 is 2.53 bits per heavy atom. The second kappa shape index (κ2) is 5.67. The molecule has 0 unspecified atom stereocenters. The van der Waals surface area contributed by atoms with Gasteiger partial charge in [0.05, 0.1) is 23.3 Å². The Morgan fingerprint density at radius 2 is 1.84 bits per heavy atom. The fraction of sp³-hybridized carbons (Fsp3) is 0.0714. The van der Waals surface area contributed by atoms with Crippen LogP contribution in [0, 0.1) is 0 Å². The second-order valence-electron chi connectivity index (χ2n) is 3.78. The molecule has 0 spiro atoms. The molecule has 0 radical (unpaired) electrons. The van der Waals surface area contributed by atoms with Crippen molar-refractivity contribution >= 4 is 23.4 Å². The third-order valence-corrected chi connectivity index (χ3v) is 3.72. The Bertz CT molecular complexity index is 613. The van der Waals surface area contributed by atoms with Crippen LogP contribution in [0.5, 0.6) is 5.75 Å². The van der Waals surface area contributed by atoms with E-state index >= 15 is 0 Å². The van der Waals surface area contributed by atoms with Gasteiger partial charge in [0.2, 0.25) is 0 Å². The van der Waals surface area contributed by atoms with Gasteiger partial charge in [-0.05, 0) is 24.3 Å². The van der Waals surface area contributed by atoms with Crippen molar-refractivity contribution in [3.63, 3.8) is 0 Å². The maximum Gasteiger partial charge on any atom is 0.337 e. The third kappa shape index (κ3) is 2.82. The molecule has 0 aliphatic rings. The molecule has 0 aliphatic carbocycles. The fourth-order valence-corrected chi connectivity index (χ4v) is 2.64. The molecule has 0 fully saturated rings. The molecule has 0 heterocycles. The summed E-state index contributed by atoms with van der Waals surface area (Å²) in [5.74, 6) is -0.299. The first-order valence-electron chi connectivity index (χ1n) is 5.56. The standard InChI is InChI=1S/C14H13NO3S/c1-18-10-6-2-3-7-11(10)19-12-8-4-5-9(13(12)15)14(16)17/h2-8H,15H2,1H3,(H,16,17). The number of hydrogen-bond acceptors (Lipinski definition) is 4. The van der Waals surface area contributed by atoms with Crippen molar-refractivity contribution in [1.29, 1.82) is 0 Å². The summed E-state index contributed by atoms with van der Waals surface area (Å²) < 4.78 is 5.26. The minimum atomic E-state index is -1.03. The topological polar surface area (TPSA) is 72.5 Å². The van der Waals surface area contributed by atoms with Gasteiger partial charge in [-0.1, -0.05) is 30.0 Å². The quantitative estimate of drug-likeness (QED) is 0.839. The van der Waals surface area contributed by atoms with Crippen LogP contribution in [0.4, 0.5) is 5.69 Å². The molecule has 2 aromatic rings. The highest BCUT2D eigenvalue weighted by atomic mass is 32.2. The van der Waals surface area contributed by atoms with Crippen LogP contribution < -0.4 is 10.5 Å². The summed E-state index contributed by atoms with van der Waals surface area (Å²) in [5.41, 5.74) is 6.26. The number of rotatable bonds is 4. The molecule has 98 valence electrons. The second-order valence-corrected chi connectivity index (χ2v) is 4.86. The normalized spacial score (nSPS) is 10.2. The summed E-state index contributed by atoms with van der Waals surface area (Å²) in [6.07, 6.45) is 0. The molecular formula is C14H13NO3S. The largest absolute Gasteiger partial charge is 0.496 e. The monoisotopic (exact) mass is 275 g/mol. The molecule has 0 aromatic heterocycles. The number of benzene rings is 2. The summed E-state index contributed by atoms with van der Waals surface area (Å²) in [6, 6.07) is 12.5. The summed E-state index contributed by atoms with van der Waals surface area (Å²) in [7, 11) is 1.59. The van der Waals surface area contributed by atoms with Gasteiger partial charge in [0.25, 0.3) is 0 Å². The zero-order chi connectivity index (χ0) is 13.8. The van der Waals surface area contributed by atoms with Crippen LogP contribution in [-0.4, -0.2) is 18.2 Å². The Hall–Kier alpha value is -2.14. The summed E-state index contributed by atoms with van der Waals surface area (Å²) >= 11 is 1.38. The Morgan fingerprint density at radius 1 is 1.16 bits per heavy atom. The predicted molar refractivity (Wildman–Crippen MR) is 74.9 cm³/mol. The number of anilines is 1. The van der Waals surface area contributed by atoms with E-state index in [1.165, 1.54) is 17.8 Å². The minimum absolute atomic E-state index is 0.111. The Balaban J connectivity index is 2.39. The highest BCUT2D eigenvalue weighted by molar-refractivity contribution is 7.99. The molecule has 2 rings (SSSR count). The van der Waals surface area contributed by atoms with Gasteiger partial charge in [0.15, 0.2) is 0 Å². The van der Waals surface area contributed by atoms with Crippen molar-refractivity contribution in [3.8, 4) is 5.75 Å². The maximum absolute atomic E-state index is 11.0. The van der Waals surface area contributed by atoms with Gasteiger partial charge in [0.1, 0.15) is 5.75 Å². The number of methoxy groups -OCH3 is 1. The van der Waals surface area contributed by atoms with Crippen molar-refractivity contribution in [2.45, 2.75) is 9.79 Å². The van der Waals surface area contributed by atoms with Gasteiger partial charge >= 0.3 is 5.97 Å². The average Bonchev–Trinajstić information content (AvgIpc) is 2.41. The Labute approximate surface area is 115 Å². The van der Waals surface area contributed by atoms with E-state index in [9.17, 15) is 4.79 Å². The third-order valence-electron chi connectivity index (χ3n) is 2.59. The summed E-state index contributed by atoms with van der Waals surface area (Å²) in [6.45, 7) is 0. The number of carboxylic acids is 1. The smallest absolute Gasteiger partial charge is 0.337 e. The molecule has 3 N–H and O–H groups in total. The molecule has 0 atom stereocenters. The summed E-state index contributed by atoms with van der Waals surface area (Å²) in [5, 5.41) is 9.04. The first kappa shape index (κ1) is 13.3. The number of carbonyl (C=O) groups is 1. The van der Waals surface area contributed by atoms with Crippen LogP contribution in [0.3, 0.4) is 0 Å². The zero-order valence-electron chi connectivity index (χ0n) is 10.3. The SMILES string of the molecule is COc1ccccc1Sc1cccc(C(=O)O)c1N. The lowest BCUT2D eigenvalue weighted by Gasteiger charge is -2.10. The van der Waals surface area contributed by atoms with Crippen molar-refractivity contribution in [2.24, 2.45) is 0 Å². The first-order chi connectivity index (χ1) is 9.13. The number of nitrogens with two attached hydrogens (primary N) is 1. The number of carboxylic acid groups (broad SMARTS) is 1. The van der Waals surface area contributed by atoms with Crippen LogP contribution in [0.15, 0.2) is 52.3 Å². The predicted octanol–water partition coefficient (Wildman–Crippen LogP) is 3.13. The fourth-order valence-electron chi connectivity index (χ4n) is 1.64. The molecule has 0 aliphatic heterocycles. The van der Waals surface area contributed by atoms with Crippen LogP contribution in [0.25, 0.3) is 0 Å². The number of aromatic carboxylic acids is 1. The van der Waals surface area contributed by atoms with Gasteiger partial charge in [-0.15, -0.1) is 0 Å². The molecular weight excluding hydrogens is 262 g/mol. The van der Waals surface area contributed by atoms with Gasteiger partial charge in [-0.25, -0.2) is 4.79 Å². The number of hydrogen-bond donors (Lipinski definition) is 2. The van der Waals surface area contributed by atoms with Crippen LogP contribution >= 0.6 is 11.8 Å². The molecule has 0 saturated heterocycles. The lowest BCUT2D eigenvalue weighted by Crippen LogP contribution is -2.03.